The molecule has 0 bridgehead atoms. The summed E-state index contributed by atoms with van der Waals surface area (Å²) in [6.07, 6.45) is 2.82. The van der Waals surface area contributed by atoms with Crippen LogP contribution in [0.1, 0.15) is 0 Å². The van der Waals surface area contributed by atoms with E-state index in [0.29, 0.717) is 0 Å². The third kappa shape index (κ3) is 3.92. The zero-order valence-electron chi connectivity index (χ0n) is 10.8. The molecule has 1 unspecified atom stereocenters. The minimum atomic E-state index is -3.79. The van der Waals surface area contributed by atoms with Gasteiger partial charge in [-0.15, -0.1) is 0 Å². The zero-order chi connectivity index (χ0) is 14.3. The van der Waals surface area contributed by atoms with Crippen molar-refractivity contribution < 1.29 is 18.3 Å². The highest BCUT2D eigenvalue weighted by Gasteiger charge is 2.26. The molecule has 1 aromatic rings. The van der Waals surface area contributed by atoms with E-state index in [1.54, 1.807) is 31.4 Å². The average Bonchev–Trinajstić information content (AvgIpc) is 2.43. The predicted molar refractivity (Wildman–Crippen MR) is 72.9 cm³/mol. The third-order valence-electron chi connectivity index (χ3n) is 2.35. The fourth-order valence-electron chi connectivity index (χ4n) is 1.40. The van der Waals surface area contributed by atoms with E-state index >= 15 is 0 Å². The van der Waals surface area contributed by atoms with Crippen molar-refractivity contribution in [2.75, 3.05) is 14.2 Å². The highest BCUT2D eigenvalue weighted by atomic mass is 32.2. The van der Waals surface area contributed by atoms with Gasteiger partial charge in [0.1, 0.15) is 4.91 Å². The fraction of sp³-hybridized carbons (Fsp3) is 0.231. The van der Waals surface area contributed by atoms with Crippen LogP contribution in [0.25, 0.3) is 0 Å². The van der Waals surface area contributed by atoms with Crippen LogP contribution in [0.5, 0.6) is 0 Å². The second-order valence-electron chi connectivity index (χ2n) is 3.62. The van der Waals surface area contributed by atoms with Crippen LogP contribution in [0.15, 0.2) is 58.5 Å². The van der Waals surface area contributed by atoms with Crippen LogP contribution < -0.4 is 5.32 Å². The van der Waals surface area contributed by atoms with E-state index in [9.17, 15) is 13.5 Å². The van der Waals surface area contributed by atoms with Crippen molar-refractivity contribution in [1.82, 2.24) is 5.32 Å². The molecule has 19 heavy (non-hydrogen) atoms. The lowest BCUT2D eigenvalue weighted by Crippen LogP contribution is -2.20. The topological polar surface area (TPSA) is 75.6 Å². The summed E-state index contributed by atoms with van der Waals surface area (Å²) in [5.74, 6) is 0. The molecule has 0 aliphatic heterocycles. The van der Waals surface area contributed by atoms with E-state index in [1.165, 1.54) is 31.4 Å². The molecule has 0 fully saturated rings. The lowest BCUT2D eigenvalue weighted by Gasteiger charge is -2.13. The minimum Gasteiger partial charge on any atom is -0.394 e. The van der Waals surface area contributed by atoms with Gasteiger partial charge < -0.3 is 15.2 Å². The van der Waals surface area contributed by atoms with Crippen molar-refractivity contribution >= 4 is 9.84 Å². The predicted octanol–water partition coefficient (Wildman–Crippen LogP) is 1.04. The summed E-state index contributed by atoms with van der Waals surface area (Å²) in [5, 5.41) is 12.4. The lowest BCUT2D eigenvalue weighted by molar-refractivity contribution is -0.0392. The van der Waals surface area contributed by atoms with Crippen LogP contribution in [0.2, 0.25) is 0 Å². The molecule has 0 heterocycles. The molecule has 1 rings (SSSR count). The van der Waals surface area contributed by atoms with Gasteiger partial charge in [0.15, 0.2) is 6.29 Å². The van der Waals surface area contributed by atoms with Gasteiger partial charge in [-0.3, -0.25) is 0 Å². The molecule has 2 N–H and O–H groups in total. The third-order valence-corrected chi connectivity index (χ3v) is 4.20. The molecule has 0 saturated heterocycles. The quantitative estimate of drug-likeness (QED) is 0.603. The molecular formula is C13H17NO4S. The first-order valence-corrected chi connectivity index (χ1v) is 7.07. The Morgan fingerprint density at radius 3 is 2.53 bits per heavy atom. The normalized spacial score (nSPS) is 14.6. The Hall–Kier alpha value is -1.63. The Morgan fingerprint density at radius 2 is 2.00 bits per heavy atom. The Labute approximate surface area is 113 Å². The molecule has 0 saturated carbocycles. The Bertz CT molecular complexity index is 549. The molecule has 0 amide bonds. The van der Waals surface area contributed by atoms with Gasteiger partial charge in [0, 0.05) is 14.2 Å². The fourth-order valence-corrected chi connectivity index (χ4v) is 2.80. The molecule has 0 spiro atoms. The summed E-state index contributed by atoms with van der Waals surface area (Å²) in [5.41, 5.74) is 0. The van der Waals surface area contributed by atoms with Gasteiger partial charge in [-0.05, 0) is 30.5 Å². The van der Waals surface area contributed by atoms with Crippen LogP contribution >= 0.6 is 0 Å². The number of allylic oxidation sites excluding steroid dienone is 2. The largest absolute Gasteiger partial charge is 0.394 e. The second kappa shape index (κ2) is 7.08. The molecule has 0 aliphatic carbocycles. The molecule has 0 aromatic heterocycles. The van der Waals surface area contributed by atoms with Gasteiger partial charge in [0.25, 0.3) is 0 Å². The molecular weight excluding hydrogens is 266 g/mol. The molecule has 6 heteroatoms. The van der Waals surface area contributed by atoms with Crippen molar-refractivity contribution in [3.05, 3.63) is 53.6 Å². The second-order valence-corrected chi connectivity index (χ2v) is 5.57. The maximum atomic E-state index is 12.4. The summed E-state index contributed by atoms with van der Waals surface area (Å²) in [4.78, 5) is -0.108. The highest BCUT2D eigenvalue weighted by molar-refractivity contribution is 7.95. The maximum Gasteiger partial charge on any atom is 0.207 e. The van der Waals surface area contributed by atoms with Crippen LogP contribution in [-0.4, -0.2) is 34.0 Å². The number of aliphatic hydroxyl groups excluding tert-OH is 1. The van der Waals surface area contributed by atoms with Crippen molar-refractivity contribution in [3.8, 4) is 0 Å². The summed E-state index contributed by atoms with van der Waals surface area (Å²) in [7, 11) is -0.866. The SMILES string of the molecule is CN/C=C/C=C(\C(O)OC)S(=O)(=O)c1ccccc1. The highest BCUT2D eigenvalue weighted by Crippen LogP contribution is 2.22. The molecule has 1 aromatic carbocycles. The van der Waals surface area contributed by atoms with E-state index in [4.69, 9.17) is 4.74 Å². The number of sulfone groups is 1. The molecule has 5 nitrogen and oxygen atoms in total. The number of hydrogen-bond donors (Lipinski definition) is 2. The number of benzene rings is 1. The Morgan fingerprint density at radius 1 is 1.37 bits per heavy atom. The number of methoxy groups -OCH3 is 1. The Balaban J connectivity index is 3.25. The first kappa shape index (κ1) is 15.4. The monoisotopic (exact) mass is 283 g/mol. The summed E-state index contributed by atoms with van der Waals surface area (Å²) >= 11 is 0. The number of aliphatic hydroxyl groups is 1. The number of ether oxygens (including phenoxy) is 1. The van der Waals surface area contributed by atoms with Gasteiger partial charge in [-0.25, -0.2) is 8.42 Å². The van der Waals surface area contributed by atoms with Crippen molar-refractivity contribution in [2.45, 2.75) is 11.2 Å². The number of rotatable bonds is 6. The van der Waals surface area contributed by atoms with Crippen LogP contribution in [-0.2, 0) is 14.6 Å². The van der Waals surface area contributed by atoms with E-state index in [-0.39, 0.29) is 9.80 Å². The average molecular weight is 283 g/mol. The first-order chi connectivity index (χ1) is 9.04. The Kier molecular flexibility index (Phi) is 5.75. The van der Waals surface area contributed by atoms with E-state index in [1.807, 2.05) is 0 Å². The van der Waals surface area contributed by atoms with Gasteiger partial charge in [0.05, 0.1) is 4.90 Å². The zero-order valence-corrected chi connectivity index (χ0v) is 11.6. The van der Waals surface area contributed by atoms with E-state index in [0.717, 1.165) is 0 Å². The summed E-state index contributed by atoms with van der Waals surface area (Å²) in [6, 6.07) is 7.89. The smallest absolute Gasteiger partial charge is 0.207 e. The van der Waals surface area contributed by atoms with Crippen LogP contribution in [0, 0.1) is 0 Å². The van der Waals surface area contributed by atoms with E-state index in [2.05, 4.69) is 5.32 Å². The van der Waals surface area contributed by atoms with Gasteiger partial charge in [0.2, 0.25) is 9.84 Å². The van der Waals surface area contributed by atoms with Crippen LogP contribution in [0.4, 0.5) is 0 Å². The molecule has 0 aliphatic rings. The maximum absolute atomic E-state index is 12.4. The van der Waals surface area contributed by atoms with Gasteiger partial charge in [-0.1, -0.05) is 18.2 Å². The van der Waals surface area contributed by atoms with Gasteiger partial charge in [-0.2, -0.15) is 0 Å². The molecule has 1 atom stereocenters. The minimum absolute atomic E-state index is 0.107. The molecule has 104 valence electrons. The van der Waals surface area contributed by atoms with Crippen molar-refractivity contribution in [2.24, 2.45) is 0 Å². The lowest BCUT2D eigenvalue weighted by atomic mass is 10.4. The molecule has 0 radical (unpaired) electrons. The summed E-state index contributed by atoms with van der Waals surface area (Å²) < 4.78 is 29.4. The van der Waals surface area contributed by atoms with Gasteiger partial charge >= 0.3 is 0 Å². The van der Waals surface area contributed by atoms with E-state index < -0.39 is 16.1 Å². The summed E-state index contributed by atoms with van der Waals surface area (Å²) in [6.45, 7) is 0. The van der Waals surface area contributed by atoms with Crippen molar-refractivity contribution in [1.29, 1.82) is 0 Å². The van der Waals surface area contributed by atoms with Crippen molar-refractivity contribution in [3.63, 3.8) is 0 Å². The van der Waals surface area contributed by atoms with Crippen LogP contribution in [0.3, 0.4) is 0 Å². The number of nitrogens with one attached hydrogen (secondary N) is 1. The first-order valence-electron chi connectivity index (χ1n) is 5.59. The standard InChI is InChI=1S/C13H17NO4S/c1-14-10-6-9-12(13(15)18-2)19(16,17)11-7-4-3-5-8-11/h3-10,13-15H,1-2H3/b10-6+,12-9+. The number of hydrogen-bond acceptors (Lipinski definition) is 5.